The summed E-state index contributed by atoms with van der Waals surface area (Å²) in [5, 5.41) is 11.2. The van der Waals surface area contributed by atoms with Crippen LogP contribution in [0.4, 0.5) is 5.69 Å². The van der Waals surface area contributed by atoms with Crippen LogP contribution in [0.25, 0.3) is 5.69 Å². The maximum atomic E-state index is 13.0. The predicted octanol–water partition coefficient (Wildman–Crippen LogP) is 4.70. The normalized spacial score (nSPS) is 11.4. The number of nitrogens with one attached hydrogen (secondary N) is 1. The molecule has 2 heterocycles. The summed E-state index contributed by atoms with van der Waals surface area (Å²) >= 11 is 0. The van der Waals surface area contributed by atoms with E-state index in [-0.39, 0.29) is 17.0 Å². The molecule has 0 saturated carbocycles. The van der Waals surface area contributed by atoms with E-state index in [4.69, 9.17) is 4.74 Å². The number of hydrogen-bond acceptors (Lipinski definition) is 5. The Morgan fingerprint density at radius 1 is 1.23 bits per heavy atom. The standard InChI is InChI=1S/C23H29N5O2/c1-6-7-13-30-20-11-10-17(23(3,4)5)14-19(20)25-22(29)21-16(2)28(27-26-21)18-9-8-12-24-15-18/h8-12,14-15H,6-7,13H2,1-5H3,(H,25,29). The molecule has 0 aliphatic heterocycles. The Hall–Kier alpha value is -3.22. The molecular formula is C23H29N5O2. The van der Waals surface area contributed by atoms with E-state index in [1.165, 1.54) is 0 Å². The molecule has 0 aliphatic rings. The minimum Gasteiger partial charge on any atom is -0.491 e. The predicted molar refractivity (Wildman–Crippen MR) is 117 cm³/mol. The SMILES string of the molecule is CCCCOc1ccc(C(C)(C)C)cc1NC(=O)c1nnn(-c2cccnc2)c1C. The highest BCUT2D eigenvalue weighted by Gasteiger charge is 2.21. The van der Waals surface area contributed by atoms with Crippen LogP contribution in [0.3, 0.4) is 0 Å². The lowest BCUT2D eigenvalue weighted by Crippen LogP contribution is -2.17. The van der Waals surface area contributed by atoms with Crippen LogP contribution < -0.4 is 10.1 Å². The van der Waals surface area contributed by atoms with Crippen LogP contribution in [0.15, 0.2) is 42.7 Å². The zero-order chi connectivity index (χ0) is 21.7. The van der Waals surface area contributed by atoms with E-state index >= 15 is 0 Å². The molecule has 2 aromatic heterocycles. The second kappa shape index (κ2) is 9.07. The third-order valence-corrected chi connectivity index (χ3v) is 4.85. The molecular weight excluding hydrogens is 378 g/mol. The van der Waals surface area contributed by atoms with E-state index in [0.717, 1.165) is 24.1 Å². The Labute approximate surface area is 177 Å². The van der Waals surface area contributed by atoms with E-state index in [1.807, 2.05) is 37.3 Å². The summed E-state index contributed by atoms with van der Waals surface area (Å²) in [5.74, 6) is 0.330. The van der Waals surface area contributed by atoms with Gasteiger partial charge in [0.25, 0.3) is 5.91 Å². The molecule has 0 unspecified atom stereocenters. The molecule has 1 N–H and O–H groups in total. The van der Waals surface area contributed by atoms with Crippen molar-refractivity contribution in [3.05, 3.63) is 59.7 Å². The molecule has 30 heavy (non-hydrogen) atoms. The summed E-state index contributed by atoms with van der Waals surface area (Å²) in [6.45, 7) is 10.9. The first-order chi connectivity index (χ1) is 14.3. The monoisotopic (exact) mass is 407 g/mol. The first-order valence-electron chi connectivity index (χ1n) is 10.2. The van der Waals surface area contributed by atoms with Crippen LogP contribution >= 0.6 is 0 Å². The average molecular weight is 408 g/mol. The fraction of sp³-hybridized carbons (Fsp3) is 0.391. The van der Waals surface area contributed by atoms with Gasteiger partial charge >= 0.3 is 0 Å². The van der Waals surface area contributed by atoms with Gasteiger partial charge in [-0.3, -0.25) is 9.78 Å². The number of amides is 1. The second-order valence-corrected chi connectivity index (χ2v) is 8.26. The van der Waals surface area contributed by atoms with Crippen molar-refractivity contribution in [3.8, 4) is 11.4 Å². The Morgan fingerprint density at radius 2 is 2.03 bits per heavy atom. The number of rotatable bonds is 7. The molecule has 3 rings (SSSR count). The Bertz CT molecular complexity index is 1010. The highest BCUT2D eigenvalue weighted by molar-refractivity contribution is 6.04. The molecule has 0 atom stereocenters. The van der Waals surface area contributed by atoms with Crippen molar-refractivity contribution >= 4 is 11.6 Å². The van der Waals surface area contributed by atoms with Crippen LogP contribution in [0.5, 0.6) is 5.75 Å². The summed E-state index contributed by atoms with van der Waals surface area (Å²) in [4.78, 5) is 17.1. The summed E-state index contributed by atoms with van der Waals surface area (Å²) < 4.78 is 7.53. The maximum absolute atomic E-state index is 13.0. The molecule has 1 amide bonds. The van der Waals surface area contributed by atoms with Gasteiger partial charge in [-0.1, -0.05) is 45.4 Å². The molecule has 0 fully saturated rings. The van der Waals surface area contributed by atoms with E-state index in [9.17, 15) is 4.79 Å². The van der Waals surface area contributed by atoms with Crippen LogP contribution in [0, 0.1) is 6.92 Å². The fourth-order valence-electron chi connectivity index (χ4n) is 2.99. The van der Waals surface area contributed by atoms with Crippen molar-refractivity contribution in [1.82, 2.24) is 20.0 Å². The van der Waals surface area contributed by atoms with Crippen molar-refractivity contribution in [2.45, 2.75) is 52.9 Å². The number of carbonyl (C=O) groups is 1. The van der Waals surface area contributed by atoms with Gasteiger partial charge in [0.15, 0.2) is 5.69 Å². The van der Waals surface area contributed by atoms with E-state index < -0.39 is 0 Å². The number of anilines is 1. The topological polar surface area (TPSA) is 81.9 Å². The molecule has 7 nitrogen and oxygen atoms in total. The van der Waals surface area contributed by atoms with Gasteiger partial charge in [-0.15, -0.1) is 5.10 Å². The summed E-state index contributed by atoms with van der Waals surface area (Å²) in [7, 11) is 0. The summed E-state index contributed by atoms with van der Waals surface area (Å²) in [6, 6.07) is 9.61. The van der Waals surface area contributed by atoms with Gasteiger partial charge in [-0.05, 0) is 48.6 Å². The molecule has 0 bridgehead atoms. The molecule has 1 aromatic carbocycles. The molecule has 7 heteroatoms. The number of benzene rings is 1. The lowest BCUT2D eigenvalue weighted by molar-refractivity contribution is 0.102. The number of ether oxygens (including phenoxy) is 1. The Morgan fingerprint density at radius 3 is 2.70 bits per heavy atom. The highest BCUT2D eigenvalue weighted by Crippen LogP contribution is 2.32. The zero-order valence-electron chi connectivity index (χ0n) is 18.3. The average Bonchev–Trinajstić information content (AvgIpc) is 3.10. The first kappa shape index (κ1) is 21.5. The van der Waals surface area contributed by atoms with Gasteiger partial charge in [0.1, 0.15) is 5.75 Å². The van der Waals surface area contributed by atoms with Crippen LogP contribution in [0.2, 0.25) is 0 Å². The van der Waals surface area contributed by atoms with Crippen LogP contribution in [-0.2, 0) is 5.41 Å². The van der Waals surface area contributed by atoms with Crippen LogP contribution in [0.1, 0.15) is 62.3 Å². The Balaban J connectivity index is 1.89. The van der Waals surface area contributed by atoms with Gasteiger partial charge in [-0.2, -0.15) is 0 Å². The third-order valence-electron chi connectivity index (χ3n) is 4.85. The quantitative estimate of drug-likeness (QED) is 0.574. The molecule has 0 radical (unpaired) electrons. The van der Waals surface area contributed by atoms with Gasteiger partial charge in [0, 0.05) is 6.20 Å². The number of pyridine rings is 1. The number of nitrogens with zero attached hydrogens (tertiary/aromatic N) is 4. The van der Waals surface area contributed by atoms with E-state index in [0.29, 0.717) is 23.7 Å². The first-order valence-corrected chi connectivity index (χ1v) is 10.2. The lowest BCUT2D eigenvalue weighted by atomic mass is 9.87. The van der Waals surface area contributed by atoms with Gasteiger partial charge in [-0.25, -0.2) is 4.68 Å². The number of hydrogen-bond donors (Lipinski definition) is 1. The van der Waals surface area contributed by atoms with Crippen molar-refractivity contribution in [2.24, 2.45) is 0 Å². The third kappa shape index (κ3) is 4.84. The number of unbranched alkanes of at least 4 members (excludes halogenated alkanes) is 1. The zero-order valence-corrected chi connectivity index (χ0v) is 18.3. The largest absolute Gasteiger partial charge is 0.491 e. The lowest BCUT2D eigenvalue weighted by Gasteiger charge is -2.21. The molecule has 0 spiro atoms. The maximum Gasteiger partial charge on any atom is 0.278 e. The molecule has 0 saturated heterocycles. The number of carbonyl (C=O) groups excluding carboxylic acids is 1. The summed E-state index contributed by atoms with van der Waals surface area (Å²) in [6.07, 6.45) is 5.35. The van der Waals surface area contributed by atoms with Gasteiger partial charge in [0.2, 0.25) is 0 Å². The fourth-order valence-corrected chi connectivity index (χ4v) is 2.99. The van der Waals surface area contributed by atoms with Gasteiger partial charge < -0.3 is 10.1 Å². The highest BCUT2D eigenvalue weighted by atomic mass is 16.5. The molecule has 158 valence electrons. The molecule has 3 aromatic rings. The Kier molecular flexibility index (Phi) is 6.50. The minimum atomic E-state index is -0.325. The minimum absolute atomic E-state index is 0.0548. The van der Waals surface area contributed by atoms with Crippen molar-refractivity contribution in [1.29, 1.82) is 0 Å². The summed E-state index contributed by atoms with van der Waals surface area (Å²) in [5.41, 5.74) is 3.34. The smallest absolute Gasteiger partial charge is 0.278 e. The van der Waals surface area contributed by atoms with E-state index in [1.54, 1.807) is 17.1 Å². The van der Waals surface area contributed by atoms with Gasteiger partial charge in [0.05, 0.1) is 29.9 Å². The van der Waals surface area contributed by atoms with Crippen LogP contribution in [-0.4, -0.2) is 32.5 Å². The second-order valence-electron chi connectivity index (χ2n) is 8.26. The number of aromatic nitrogens is 4. The molecule has 0 aliphatic carbocycles. The van der Waals surface area contributed by atoms with Crippen molar-refractivity contribution in [2.75, 3.05) is 11.9 Å². The van der Waals surface area contributed by atoms with Crippen molar-refractivity contribution < 1.29 is 9.53 Å². The van der Waals surface area contributed by atoms with Crippen molar-refractivity contribution in [3.63, 3.8) is 0 Å². The van der Waals surface area contributed by atoms with E-state index in [2.05, 4.69) is 48.3 Å².